The molecule has 0 saturated heterocycles. The van der Waals surface area contributed by atoms with Gasteiger partial charge in [-0.1, -0.05) is 0 Å². The molecule has 3 amide bonds. The minimum Gasteiger partial charge on any atom is -0.480 e. The summed E-state index contributed by atoms with van der Waals surface area (Å²) in [5.74, 6) is -3.87. The van der Waals surface area contributed by atoms with Gasteiger partial charge in [-0.05, 0) is 12.8 Å². The number of carboxylic acid groups (broad SMARTS) is 1. The predicted octanol–water partition coefficient (Wildman–Crippen LogP) is -4.21. The number of carbonyl (C=O) groups is 4. The Labute approximate surface area is 200 Å². The minimum atomic E-state index is -1.27. The fraction of sp³-hybridized carbons (Fsp3) is 0.556. The number of hydrogen-bond donors (Lipinski definition) is 10. The maximum Gasteiger partial charge on any atom is 0.326 e. The lowest BCUT2D eigenvalue weighted by Gasteiger charge is -2.24. The zero-order chi connectivity index (χ0) is 25.7. The van der Waals surface area contributed by atoms with E-state index in [1.54, 1.807) is 0 Å². The van der Waals surface area contributed by atoms with E-state index in [0.717, 1.165) is 0 Å². The van der Waals surface area contributed by atoms with Crippen molar-refractivity contribution in [3.63, 3.8) is 0 Å². The Bertz CT molecular complexity index is 847. The molecule has 0 radical (unpaired) electrons. The Morgan fingerprint density at radius 1 is 1.09 bits per heavy atom. The largest absolute Gasteiger partial charge is 0.480 e. The maximum absolute atomic E-state index is 12.9. The number of aromatic nitrogens is 2. The quantitative estimate of drug-likeness (QED) is 0.0479. The number of nitrogens with zero attached hydrogens (tertiary/aromatic N) is 2. The van der Waals surface area contributed by atoms with Gasteiger partial charge in [-0.3, -0.25) is 19.4 Å². The smallest absolute Gasteiger partial charge is 0.326 e. The fourth-order valence-electron chi connectivity index (χ4n) is 2.69. The Kier molecular flexibility index (Phi) is 12.4. The highest BCUT2D eigenvalue weighted by molar-refractivity contribution is 7.80. The van der Waals surface area contributed by atoms with E-state index >= 15 is 0 Å². The molecule has 1 aromatic rings. The number of imidazole rings is 1. The van der Waals surface area contributed by atoms with Crippen molar-refractivity contribution in [3.05, 3.63) is 18.2 Å². The number of H-pyrrole nitrogens is 1. The summed E-state index contributed by atoms with van der Waals surface area (Å²) in [4.78, 5) is 59.5. The van der Waals surface area contributed by atoms with E-state index in [2.05, 4.69) is 43.5 Å². The minimum absolute atomic E-state index is 0.0147. The summed E-state index contributed by atoms with van der Waals surface area (Å²) in [5, 5.41) is 25.6. The summed E-state index contributed by atoms with van der Waals surface area (Å²) in [6.07, 6.45) is 3.15. The van der Waals surface area contributed by atoms with Gasteiger partial charge >= 0.3 is 5.97 Å². The molecule has 16 heteroatoms. The summed E-state index contributed by atoms with van der Waals surface area (Å²) in [6, 6.07) is -4.88. The van der Waals surface area contributed by atoms with Crippen molar-refractivity contribution in [2.24, 2.45) is 22.2 Å². The number of aromatic amines is 1. The number of aliphatic hydroxyl groups excluding tert-OH is 1. The molecule has 4 atom stereocenters. The number of hydrogen-bond acceptors (Lipinski definition) is 9. The van der Waals surface area contributed by atoms with Crippen molar-refractivity contribution in [2.75, 3.05) is 18.9 Å². The molecule has 0 spiro atoms. The SMILES string of the molecule is NC(N)=NCCCC(NC(=O)C(CS)NC(=O)C(Cc1cnc[nH]1)NC(=O)C(N)CO)C(=O)O. The normalized spacial score (nSPS) is 14.2. The van der Waals surface area contributed by atoms with Gasteiger partial charge in [-0.25, -0.2) is 9.78 Å². The lowest BCUT2D eigenvalue weighted by atomic mass is 10.1. The second-order valence-electron chi connectivity index (χ2n) is 7.22. The third kappa shape index (κ3) is 10.1. The van der Waals surface area contributed by atoms with E-state index in [1.807, 2.05) is 0 Å². The molecular weight excluding hydrogens is 470 g/mol. The number of aliphatic hydroxyl groups is 1. The Balaban J connectivity index is 2.84. The van der Waals surface area contributed by atoms with E-state index in [4.69, 9.17) is 22.3 Å². The van der Waals surface area contributed by atoms with Gasteiger partial charge in [-0.15, -0.1) is 0 Å². The third-order valence-corrected chi connectivity index (χ3v) is 4.89. The molecule has 12 N–H and O–H groups in total. The third-order valence-electron chi connectivity index (χ3n) is 4.52. The van der Waals surface area contributed by atoms with Gasteiger partial charge in [0.1, 0.15) is 24.2 Å². The Morgan fingerprint density at radius 2 is 1.71 bits per heavy atom. The number of carboxylic acids is 1. The van der Waals surface area contributed by atoms with Crippen LogP contribution < -0.4 is 33.2 Å². The molecule has 1 aromatic heterocycles. The van der Waals surface area contributed by atoms with Crippen molar-refractivity contribution in [2.45, 2.75) is 43.4 Å². The second-order valence-corrected chi connectivity index (χ2v) is 7.59. The standard InChI is InChI=1S/C18H31N9O6S/c19-10(6-28)14(29)26-12(4-9-5-22-8-24-9)15(30)27-13(7-34)16(31)25-11(17(32)33)2-1-3-23-18(20)21/h5,8,10-13,28,34H,1-4,6-7,19H2,(H,22,24)(H,25,31)(H,26,29)(H,27,30)(H,32,33)(H4,20,21,23). The number of aliphatic carboxylic acids is 1. The summed E-state index contributed by atoms with van der Waals surface area (Å²) in [5.41, 5.74) is 16.4. The van der Waals surface area contributed by atoms with Crippen molar-refractivity contribution >= 4 is 42.3 Å². The van der Waals surface area contributed by atoms with Crippen LogP contribution in [-0.4, -0.2) is 92.9 Å². The number of carbonyl (C=O) groups excluding carboxylic acids is 3. The molecule has 190 valence electrons. The highest BCUT2D eigenvalue weighted by Gasteiger charge is 2.30. The maximum atomic E-state index is 12.9. The van der Waals surface area contributed by atoms with Crippen LogP contribution in [0, 0.1) is 0 Å². The van der Waals surface area contributed by atoms with Crippen LogP contribution in [0.15, 0.2) is 17.5 Å². The molecule has 4 unspecified atom stereocenters. The van der Waals surface area contributed by atoms with Crippen molar-refractivity contribution < 1.29 is 29.4 Å². The number of guanidine groups is 1. The summed E-state index contributed by atoms with van der Waals surface area (Å²) in [7, 11) is 0. The van der Waals surface area contributed by atoms with Crippen LogP contribution in [0.4, 0.5) is 0 Å². The molecule has 0 aliphatic heterocycles. The van der Waals surface area contributed by atoms with Gasteiger partial charge in [0.15, 0.2) is 5.96 Å². The molecule has 0 aliphatic rings. The summed E-state index contributed by atoms with van der Waals surface area (Å²) < 4.78 is 0. The fourth-order valence-corrected chi connectivity index (χ4v) is 2.94. The topological polar surface area (TPSA) is 264 Å². The molecule has 0 saturated carbocycles. The monoisotopic (exact) mass is 501 g/mol. The zero-order valence-corrected chi connectivity index (χ0v) is 19.2. The van der Waals surface area contributed by atoms with Crippen LogP contribution in [0.25, 0.3) is 0 Å². The number of nitrogens with two attached hydrogens (primary N) is 3. The van der Waals surface area contributed by atoms with E-state index in [0.29, 0.717) is 5.69 Å². The zero-order valence-electron chi connectivity index (χ0n) is 18.3. The molecule has 34 heavy (non-hydrogen) atoms. The van der Waals surface area contributed by atoms with Gasteiger partial charge in [0.05, 0.1) is 12.9 Å². The van der Waals surface area contributed by atoms with Crippen molar-refractivity contribution in [1.82, 2.24) is 25.9 Å². The number of rotatable bonds is 15. The first-order valence-corrected chi connectivity index (χ1v) is 10.9. The van der Waals surface area contributed by atoms with Gasteiger partial charge in [0, 0.05) is 30.6 Å². The first-order chi connectivity index (χ1) is 16.1. The molecule has 0 fully saturated rings. The van der Waals surface area contributed by atoms with E-state index in [9.17, 15) is 24.3 Å². The molecule has 0 aromatic carbocycles. The second kappa shape index (κ2) is 14.7. The number of nitrogens with one attached hydrogen (secondary N) is 4. The molecule has 1 rings (SSSR count). The average Bonchev–Trinajstić information content (AvgIpc) is 3.30. The van der Waals surface area contributed by atoms with Crippen LogP contribution in [-0.2, 0) is 25.6 Å². The van der Waals surface area contributed by atoms with Gasteiger partial charge in [0.25, 0.3) is 0 Å². The number of thiol groups is 1. The first-order valence-electron chi connectivity index (χ1n) is 10.2. The lowest BCUT2D eigenvalue weighted by molar-refractivity contribution is -0.142. The van der Waals surface area contributed by atoms with Crippen molar-refractivity contribution in [1.29, 1.82) is 0 Å². The molecular formula is C18H31N9O6S. The van der Waals surface area contributed by atoms with Crippen LogP contribution in [0.1, 0.15) is 18.5 Å². The van der Waals surface area contributed by atoms with E-state index in [1.165, 1.54) is 12.5 Å². The Hall–Kier alpha value is -3.37. The lowest BCUT2D eigenvalue weighted by Crippen LogP contribution is -2.58. The Morgan fingerprint density at radius 3 is 2.24 bits per heavy atom. The number of amides is 3. The van der Waals surface area contributed by atoms with Gasteiger partial charge in [-0.2, -0.15) is 12.6 Å². The highest BCUT2D eigenvalue weighted by atomic mass is 32.1. The van der Waals surface area contributed by atoms with Crippen LogP contribution in [0.3, 0.4) is 0 Å². The number of aliphatic imine (C=N–C) groups is 1. The molecule has 0 bridgehead atoms. The predicted molar refractivity (Wildman–Crippen MR) is 125 cm³/mol. The molecule has 1 heterocycles. The van der Waals surface area contributed by atoms with Gasteiger partial charge < -0.3 is 48.3 Å². The summed E-state index contributed by atoms with van der Waals surface area (Å²) in [6.45, 7) is -0.453. The summed E-state index contributed by atoms with van der Waals surface area (Å²) >= 11 is 4.06. The van der Waals surface area contributed by atoms with E-state index in [-0.39, 0.29) is 37.5 Å². The van der Waals surface area contributed by atoms with E-state index < -0.39 is 54.5 Å². The highest BCUT2D eigenvalue weighted by Crippen LogP contribution is 2.03. The molecule has 15 nitrogen and oxygen atoms in total. The van der Waals surface area contributed by atoms with Crippen LogP contribution >= 0.6 is 12.6 Å². The van der Waals surface area contributed by atoms with Crippen LogP contribution in [0.2, 0.25) is 0 Å². The van der Waals surface area contributed by atoms with Gasteiger partial charge in [0.2, 0.25) is 17.7 Å². The molecule has 0 aliphatic carbocycles. The van der Waals surface area contributed by atoms with Crippen molar-refractivity contribution in [3.8, 4) is 0 Å². The first kappa shape index (κ1) is 28.7. The van der Waals surface area contributed by atoms with Crippen LogP contribution in [0.5, 0.6) is 0 Å². The average molecular weight is 502 g/mol.